The summed E-state index contributed by atoms with van der Waals surface area (Å²) < 4.78 is 7.21. The second-order valence-electron chi connectivity index (χ2n) is 7.02. The summed E-state index contributed by atoms with van der Waals surface area (Å²) in [5.74, 6) is -0.0859. The van der Waals surface area contributed by atoms with Crippen LogP contribution in [0.4, 0.5) is 11.4 Å². The molecule has 3 aromatic rings. The molecule has 0 spiro atoms. The molecule has 3 aromatic carbocycles. The quantitative estimate of drug-likeness (QED) is 0.150. The van der Waals surface area contributed by atoms with Gasteiger partial charge in [-0.3, -0.25) is 14.9 Å². The highest BCUT2D eigenvalue weighted by Gasteiger charge is 2.14. The van der Waals surface area contributed by atoms with Gasteiger partial charge in [0.25, 0.3) is 11.6 Å². The number of nitriles is 1. The van der Waals surface area contributed by atoms with Gasteiger partial charge in [0.05, 0.1) is 13.9 Å². The van der Waals surface area contributed by atoms with Crippen molar-refractivity contribution in [2.45, 2.75) is 13.5 Å². The number of amides is 1. The summed E-state index contributed by atoms with van der Waals surface area (Å²) in [4.78, 5) is 22.9. The number of aryl methyl sites for hydroxylation is 1. The third kappa shape index (κ3) is 6.51. The summed E-state index contributed by atoms with van der Waals surface area (Å²) in [6.45, 7) is 2.39. The molecule has 9 heteroatoms. The van der Waals surface area contributed by atoms with Crippen LogP contribution in [0.5, 0.6) is 5.75 Å². The number of anilines is 1. The summed E-state index contributed by atoms with van der Waals surface area (Å²) in [5, 5.41) is 22.9. The highest BCUT2D eigenvalue weighted by molar-refractivity contribution is 9.11. The number of nitro benzene ring substituents is 1. The van der Waals surface area contributed by atoms with Crippen molar-refractivity contribution in [3.8, 4) is 11.8 Å². The van der Waals surface area contributed by atoms with Crippen molar-refractivity contribution in [3.63, 3.8) is 0 Å². The van der Waals surface area contributed by atoms with Gasteiger partial charge >= 0.3 is 0 Å². The van der Waals surface area contributed by atoms with Crippen molar-refractivity contribution in [3.05, 3.63) is 102 Å². The van der Waals surface area contributed by atoms with E-state index >= 15 is 0 Å². The summed E-state index contributed by atoms with van der Waals surface area (Å²) in [6.07, 6.45) is 1.42. The third-order valence-corrected chi connectivity index (χ3v) is 5.69. The number of hydrogen-bond acceptors (Lipinski definition) is 5. The Morgan fingerprint density at radius 3 is 2.42 bits per heavy atom. The van der Waals surface area contributed by atoms with Gasteiger partial charge in [-0.05, 0) is 74.2 Å². The van der Waals surface area contributed by atoms with E-state index in [-0.39, 0.29) is 16.9 Å². The maximum Gasteiger partial charge on any atom is 0.271 e. The normalized spacial score (nSPS) is 10.9. The molecule has 0 saturated carbocycles. The zero-order chi connectivity index (χ0) is 24.0. The van der Waals surface area contributed by atoms with E-state index in [4.69, 9.17) is 4.74 Å². The van der Waals surface area contributed by atoms with E-state index in [2.05, 4.69) is 37.2 Å². The molecule has 166 valence electrons. The molecule has 0 bridgehead atoms. The lowest BCUT2D eigenvalue weighted by Crippen LogP contribution is -2.13. The second kappa shape index (κ2) is 10.9. The molecule has 33 heavy (non-hydrogen) atoms. The Balaban J connectivity index is 1.77. The van der Waals surface area contributed by atoms with Gasteiger partial charge in [0, 0.05) is 17.8 Å². The third-order valence-electron chi connectivity index (χ3n) is 4.52. The Morgan fingerprint density at radius 1 is 1.15 bits per heavy atom. The molecule has 0 aliphatic carbocycles. The SMILES string of the molecule is Cc1ccc(COc2c(Br)cc(/C=C(\C#N)C(=O)Nc3cccc([N+](=O)[O-])c3)cc2Br)cc1. The first kappa shape index (κ1) is 24.2. The van der Waals surface area contributed by atoms with Gasteiger partial charge in [-0.1, -0.05) is 35.9 Å². The Hall–Kier alpha value is -3.48. The number of halogens is 2. The van der Waals surface area contributed by atoms with Crippen LogP contribution in [0.3, 0.4) is 0 Å². The Kier molecular flexibility index (Phi) is 7.98. The number of nitrogens with one attached hydrogen (secondary N) is 1. The van der Waals surface area contributed by atoms with Crippen molar-refractivity contribution >= 4 is 55.2 Å². The van der Waals surface area contributed by atoms with Crippen LogP contribution in [-0.2, 0) is 11.4 Å². The zero-order valence-electron chi connectivity index (χ0n) is 17.3. The lowest BCUT2D eigenvalue weighted by molar-refractivity contribution is -0.384. The average Bonchev–Trinajstić information content (AvgIpc) is 2.78. The average molecular weight is 571 g/mol. The number of carbonyl (C=O) groups is 1. The van der Waals surface area contributed by atoms with E-state index in [0.29, 0.717) is 26.9 Å². The number of rotatable bonds is 7. The van der Waals surface area contributed by atoms with Crippen LogP contribution in [0.1, 0.15) is 16.7 Å². The summed E-state index contributed by atoms with van der Waals surface area (Å²) in [6, 6.07) is 18.8. The summed E-state index contributed by atoms with van der Waals surface area (Å²) in [7, 11) is 0. The van der Waals surface area contributed by atoms with Crippen LogP contribution in [0, 0.1) is 28.4 Å². The lowest BCUT2D eigenvalue weighted by Gasteiger charge is -2.12. The van der Waals surface area contributed by atoms with Gasteiger partial charge in [-0.15, -0.1) is 0 Å². The number of nitro groups is 1. The van der Waals surface area contributed by atoms with Gasteiger partial charge in [0.2, 0.25) is 0 Å². The van der Waals surface area contributed by atoms with E-state index in [1.54, 1.807) is 12.1 Å². The molecule has 0 radical (unpaired) electrons. The zero-order valence-corrected chi connectivity index (χ0v) is 20.5. The Bertz CT molecular complexity index is 1260. The largest absolute Gasteiger partial charge is 0.487 e. The monoisotopic (exact) mass is 569 g/mol. The first-order valence-electron chi connectivity index (χ1n) is 9.62. The molecule has 3 rings (SSSR count). The molecule has 1 amide bonds. The van der Waals surface area contributed by atoms with Gasteiger partial charge in [-0.2, -0.15) is 5.26 Å². The predicted octanol–water partition coefficient (Wildman–Crippen LogP) is 6.55. The minimum absolute atomic E-state index is 0.159. The van der Waals surface area contributed by atoms with E-state index < -0.39 is 10.8 Å². The molecular formula is C24H17Br2N3O4. The molecule has 0 unspecified atom stereocenters. The maximum atomic E-state index is 12.5. The molecule has 0 aromatic heterocycles. The van der Waals surface area contributed by atoms with Crippen LogP contribution >= 0.6 is 31.9 Å². The first-order valence-corrected chi connectivity index (χ1v) is 11.2. The second-order valence-corrected chi connectivity index (χ2v) is 8.73. The van der Waals surface area contributed by atoms with Gasteiger partial charge in [0.1, 0.15) is 24.0 Å². The fourth-order valence-corrected chi connectivity index (χ4v) is 4.30. The number of benzene rings is 3. The number of hydrogen-bond donors (Lipinski definition) is 1. The van der Waals surface area contributed by atoms with Crippen molar-refractivity contribution in [2.75, 3.05) is 5.32 Å². The molecular weight excluding hydrogens is 554 g/mol. The number of nitrogens with zero attached hydrogens (tertiary/aromatic N) is 2. The highest BCUT2D eigenvalue weighted by atomic mass is 79.9. The topological polar surface area (TPSA) is 105 Å². The lowest BCUT2D eigenvalue weighted by atomic mass is 10.1. The predicted molar refractivity (Wildman–Crippen MR) is 133 cm³/mol. The van der Waals surface area contributed by atoms with E-state index in [1.165, 1.54) is 35.9 Å². The molecule has 0 aliphatic rings. The number of ether oxygens (including phenoxy) is 1. The Labute approximate surface area is 207 Å². The standard InChI is InChI=1S/C24H17Br2N3O4/c1-15-5-7-16(8-6-15)14-33-23-21(25)10-17(11-22(23)26)9-18(13-27)24(30)28-19-3-2-4-20(12-19)29(31)32/h2-12H,14H2,1H3,(H,28,30)/b18-9+. The van der Waals surface area contributed by atoms with Crippen LogP contribution in [0.15, 0.2) is 75.2 Å². The van der Waals surface area contributed by atoms with Crippen LogP contribution in [-0.4, -0.2) is 10.8 Å². The highest BCUT2D eigenvalue weighted by Crippen LogP contribution is 2.36. The van der Waals surface area contributed by atoms with Crippen LogP contribution < -0.4 is 10.1 Å². The van der Waals surface area contributed by atoms with E-state index in [0.717, 1.165) is 5.56 Å². The van der Waals surface area contributed by atoms with Crippen molar-refractivity contribution in [2.24, 2.45) is 0 Å². The van der Waals surface area contributed by atoms with E-state index in [1.807, 2.05) is 37.3 Å². The molecule has 0 heterocycles. The fourth-order valence-electron chi connectivity index (χ4n) is 2.85. The Morgan fingerprint density at radius 2 is 1.82 bits per heavy atom. The summed E-state index contributed by atoms with van der Waals surface area (Å²) >= 11 is 6.95. The molecule has 0 fully saturated rings. The van der Waals surface area contributed by atoms with Crippen LogP contribution in [0.2, 0.25) is 0 Å². The van der Waals surface area contributed by atoms with Crippen molar-refractivity contribution in [1.29, 1.82) is 5.26 Å². The van der Waals surface area contributed by atoms with Gasteiger partial charge in [-0.25, -0.2) is 0 Å². The fraction of sp³-hybridized carbons (Fsp3) is 0.0833. The first-order chi connectivity index (χ1) is 15.8. The van der Waals surface area contributed by atoms with Crippen molar-refractivity contribution in [1.82, 2.24) is 0 Å². The van der Waals surface area contributed by atoms with Crippen molar-refractivity contribution < 1.29 is 14.5 Å². The molecule has 7 nitrogen and oxygen atoms in total. The molecule has 0 atom stereocenters. The molecule has 0 saturated heterocycles. The summed E-state index contributed by atoms with van der Waals surface area (Å²) in [5.41, 5.74) is 2.67. The minimum atomic E-state index is -0.676. The van der Waals surface area contributed by atoms with E-state index in [9.17, 15) is 20.2 Å². The molecule has 1 N–H and O–H groups in total. The number of carbonyl (C=O) groups excluding carboxylic acids is 1. The maximum absolute atomic E-state index is 12.5. The van der Waals surface area contributed by atoms with Gasteiger partial charge < -0.3 is 10.1 Å². The smallest absolute Gasteiger partial charge is 0.271 e. The minimum Gasteiger partial charge on any atom is -0.487 e. The molecule has 0 aliphatic heterocycles. The van der Waals surface area contributed by atoms with Gasteiger partial charge in [0.15, 0.2) is 0 Å². The number of non-ortho nitro benzene ring substituents is 1. The van der Waals surface area contributed by atoms with Crippen LogP contribution in [0.25, 0.3) is 6.08 Å².